The van der Waals surface area contributed by atoms with Crippen molar-refractivity contribution in [3.63, 3.8) is 0 Å². The Morgan fingerprint density at radius 2 is 1.82 bits per heavy atom. The minimum absolute atomic E-state index is 0.0833. The molecule has 0 aromatic rings. The van der Waals surface area contributed by atoms with Crippen LogP contribution in [0.15, 0.2) is 0 Å². The fourth-order valence-corrected chi connectivity index (χ4v) is 1.85. The van der Waals surface area contributed by atoms with Gasteiger partial charge in [-0.05, 0) is 19.4 Å². The number of carbonyl (C=O) groups is 2. The van der Waals surface area contributed by atoms with E-state index in [2.05, 4.69) is 4.90 Å². The van der Waals surface area contributed by atoms with Crippen molar-refractivity contribution >= 4 is 11.9 Å². The van der Waals surface area contributed by atoms with Crippen molar-refractivity contribution in [2.45, 2.75) is 19.3 Å². The standard InChI is InChI=1S/C11H19NO5/c13-10(14)2-1-9(11(15)16)3-4-12-5-7-17-8-6-12/h9H,1-8H2,(H,13,14)(H,15,16). The maximum Gasteiger partial charge on any atom is 0.306 e. The molecule has 1 saturated heterocycles. The minimum atomic E-state index is -0.942. The van der Waals surface area contributed by atoms with E-state index in [0.29, 0.717) is 26.2 Å². The van der Waals surface area contributed by atoms with Crippen molar-refractivity contribution in [3.8, 4) is 0 Å². The average molecular weight is 245 g/mol. The molecule has 0 bridgehead atoms. The Bertz CT molecular complexity index is 263. The normalized spacial score (nSPS) is 18.8. The van der Waals surface area contributed by atoms with Crippen LogP contribution in [-0.2, 0) is 14.3 Å². The van der Waals surface area contributed by atoms with Gasteiger partial charge in [0, 0.05) is 19.5 Å². The topological polar surface area (TPSA) is 87.1 Å². The van der Waals surface area contributed by atoms with Crippen LogP contribution >= 0.6 is 0 Å². The van der Waals surface area contributed by atoms with Crippen molar-refractivity contribution in [3.05, 3.63) is 0 Å². The van der Waals surface area contributed by atoms with Gasteiger partial charge in [-0.2, -0.15) is 0 Å². The highest BCUT2D eigenvalue weighted by Gasteiger charge is 2.20. The summed E-state index contributed by atoms with van der Waals surface area (Å²) < 4.78 is 5.20. The highest BCUT2D eigenvalue weighted by Crippen LogP contribution is 2.13. The van der Waals surface area contributed by atoms with Crippen LogP contribution in [0.4, 0.5) is 0 Å². The number of nitrogens with zero attached hydrogens (tertiary/aromatic N) is 1. The lowest BCUT2D eigenvalue weighted by Crippen LogP contribution is -2.38. The molecule has 2 N–H and O–H groups in total. The molecule has 98 valence electrons. The van der Waals surface area contributed by atoms with Crippen LogP contribution < -0.4 is 0 Å². The average Bonchev–Trinajstić information content (AvgIpc) is 2.29. The molecule has 0 aromatic carbocycles. The molecule has 0 aromatic heterocycles. The maximum absolute atomic E-state index is 10.9. The van der Waals surface area contributed by atoms with Gasteiger partial charge in [0.2, 0.25) is 0 Å². The largest absolute Gasteiger partial charge is 0.481 e. The van der Waals surface area contributed by atoms with Crippen LogP contribution in [0.1, 0.15) is 19.3 Å². The van der Waals surface area contributed by atoms with E-state index in [-0.39, 0.29) is 12.8 Å². The van der Waals surface area contributed by atoms with Gasteiger partial charge in [0.15, 0.2) is 0 Å². The Balaban J connectivity index is 2.27. The molecule has 1 heterocycles. The molecule has 6 heteroatoms. The first-order valence-electron chi connectivity index (χ1n) is 5.84. The van der Waals surface area contributed by atoms with E-state index in [1.54, 1.807) is 0 Å². The van der Waals surface area contributed by atoms with Gasteiger partial charge in [-0.3, -0.25) is 14.5 Å². The summed E-state index contributed by atoms with van der Waals surface area (Å²) >= 11 is 0. The molecular weight excluding hydrogens is 226 g/mol. The lowest BCUT2D eigenvalue weighted by atomic mass is 9.99. The third-order valence-corrected chi connectivity index (χ3v) is 2.95. The summed E-state index contributed by atoms with van der Waals surface area (Å²) in [5, 5.41) is 17.5. The predicted octanol–water partition coefficient (Wildman–Crippen LogP) is 0.274. The Morgan fingerprint density at radius 1 is 1.18 bits per heavy atom. The summed E-state index contributed by atoms with van der Waals surface area (Å²) in [6.07, 6.45) is 0.623. The van der Waals surface area contributed by atoms with Gasteiger partial charge < -0.3 is 14.9 Å². The van der Waals surface area contributed by atoms with Crippen molar-refractivity contribution in [1.29, 1.82) is 0 Å². The van der Waals surface area contributed by atoms with Gasteiger partial charge in [-0.15, -0.1) is 0 Å². The van der Waals surface area contributed by atoms with Crippen molar-refractivity contribution in [2.24, 2.45) is 5.92 Å². The van der Waals surface area contributed by atoms with Crippen LogP contribution in [0.3, 0.4) is 0 Å². The number of aliphatic carboxylic acids is 2. The Hall–Kier alpha value is -1.14. The predicted molar refractivity (Wildman–Crippen MR) is 59.9 cm³/mol. The van der Waals surface area contributed by atoms with Gasteiger partial charge in [0.25, 0.3) is 0 Å². The van der Waals surface area contributed by atoms with Crippen LogP contribution in [-0.4, -0.2) is 59.9 Å². The van der Waals surface area contributed by atoms with Crippen LogP contribution in [0.2, 0.25) is 0 Å². The SMILES string of the molecule is O=C(O)CCC(CCN1CCOCC1)C(=O)O. The molecule has 1 rings (SSSR count). The lowest BCUT2D eigenvalue weighted by molar-refractivity contribution is -0.143. The van der Waals surface area contributed by atoms with Gasteiger partial charge in [-0.1, -0.05) is 0 Å². The van der Waals surface area contributed by atoms with Crippen molar-refractivity contribution in [1.82, 2.24) is 4.90 Å². The van der Waals surface area contributed by atoms with E-state index in [9.17, 15) is 9.59 Å². The van der Waals surface area contributed by atoms with E-state index < -0.39 is 17.9 Å². The zero-order valence-electron chi connectivity index (χ0n) is 9.80. The second-order valence-corrected chi connectivity index (χ2v) is 4.21. The van der Waals surface area contributed by atoms with E-state index in [1.807, 2.05) is 0 Å². The fraction of sp³-hybridized carbons (Fsp3) is 0.818. The Kier molecular flexibility index (Phi) is 5.93. The number of hydrogen-bond acceptors (Lipinski definition) is 4. The number of hydrogen-bond donors (Lipinski definition) is 2. The third-order valence-electron chi connectivity index (χ3n) is 2.95. The van der Waals surface area contributed by atoms with E-state index in [4.69, 9.17) is 14.9 Å². The maximum atomic E-state index is 10.9. The first kappa shape index (κ1) is 13.9. The molecule has 1 fully saturated rings. The smallest absolute Gasteiger partial charge is 0.306 e. The van der Waals surface area contributed by atoms with Crippen LogP contribution in [0.25, 0.3) is 0 Å². The highest BCUT2D eigenvalue weighted by molar-refractivity contribution is 5.72. The number of morpholine rings is 1. The van der Waals surface area contributed by atoms with Gasteiger partial charge in [0.1, 0.15) is 0 Å². The summed E-state index contributed by atoms with van der Waals surface area (Å²) in [7, 11) is 0. The zero-order valence-corrected chi connectivity index (χ0v) is 9.80. The van der Waals surface area contributed by atoms with Gasteiger partial charge in [0.05, 0.1) is 19.1 Å². The first-order valence-corrected chi connectivity index (χ1v) is 5.84. The molecule has 17 heavy (non-hydrogen) atoms. The summed E-state index contributed by atoms with van der Waals surface area (Å²) in [5.41, 5.74) is 0. The van der Waals surface area contributed by atoms with Crippen LogP contribution in [0.5, 0.6) is 0 Å². The molecule has 0 amide bonds. The number of carboxylic acid groups (broad SMARTS) is 2. The lowest BCUT2D eigenvalue weighted by Gasteiger charge is -2.27. The quantitative estimate of drug-likeness (QED) is 0.669. The summed E-state index contributed by atoms with van der Waals surface area (Å²) in [4.78, 5) is 23.5. The van der Waals surface area contributed by atoms with Crippen LogP contribution in [0, 0.1) is 5.92 Å². The van der Waals surface area contributed by atoms with Gasteiger partial charge in [-0.25, -0.2) is 0 Å². The Labute approximate surface area is 100 Å². The molecule has 0 saturated carbocycles. The van der Waals surface area contributed by atoms with Gasteiger partial charge >= 0.3 is 11.9 Å². The molecule has 0 radical (unpaired) electrons. The summed E-state index contributed by atoms with van der Waals surface area (Å²) in [6, 6.07) is 0. The van der Waals surface area contributed by atoms with Crippen molar-refractivity contribution < 1.29 is 24.5 Å². The number of ether oxygens (including phenoxy) is 1. The van der Waals surface area contributed by atoms with E-state index in [0.717, 1.165) is 13.1 Å². The monoisotopic (exact) mass is 245 g/mol. The molecule has 1 aliphatic rings. The molecule has 6 nitrogen and oxygen atoms in total. The second-order valence-electron chi connectivity index (χ2n) is 4.21. The van der Waals surface area contributed by atoms with E-state index in [1.165, 1.54) is 0 Å². The van der Waals surface area contributed by atoms with Crippen molar-refractivity contribution in [2.75, 3.05) is 32.8 Å². The fourth-order valence-electron chi connectivity index (χ4n) is 1.85. The van der Waals surface area contributed by atoms with E-state index >= 15 is 0 Å². The molecule has 0 aliphatic carbocycles. The highest BCUT2D eigenvalue weighted by atomic mass is 16.5. The molecule has 1 aliphatic heterocycles. The molecule has 1 unspecified atom stereocenters. The zero-order chi connectivity index (χ0) is 12.7. The first-order chi connectivity index (χ1) is 8.09. The number of rotatable bonds is 7. The second kappa shape index (κ2) is 7.24. The minimum Gasteiger partial charge on any atom is -0.481 e. The molecular formula is C11H19NO5. The molecule has 1 atom stereocenters. The Morgan fingerprint density at radius 3 is 2.35 bits per heavy atom. The third kappa shape index (κ3) is 5.65. The number of carboxylic acids is 2. The molecule has 0 spiro atoms. The summed E-state index contributed by atoms with van der Waals surface area (Å²) in [5.74, 6) is -2.41. The summed E-state index contributed by atoms with van der Waals surface area (Å²) in [6.45, 7) is 3.72.